The summed E-state index contributed by atoms with van der Waals surface area (Å²) < 4.78 is 0. The molecule has 3 nitrogen and oxygen atoms in total. The van der Waals surface area contributed by atoms with Gasteiger partial charge in [0, 0.05) is 11.3 Å². The first-order chi connectivity index (χ1) is 11.8. The molecule has 3 heteroatoms. The summed E-state index contributed by atoms with van der Waals surface area (Å²) in [7, 11) is 0. The molecule has 2 aromatic carbocycles. The zero-order chi connectivity index (χ0) is 16.6. The van der Waals surface area contributed by atoms with Crippen LogP contribution in [0.1, 0.15) is 55.3 Å². The summed E-state index contributed by atoms with van der Waals surface area (Å²) in [6, 6.07) is 17.8. The standard InChI is InChI=1S/C21H24N2O/c24-21(23-22-20-11-7-2-1-3-8-12-20)19-15-13-18(14-16-19)17-9-5-4-6-10-17/h4-6,9-10,13-16H,1-3,7-8,11-12H2,(H,23,24). The molecule has 1 aliphatic carbocycles. The lowest BCUT2D eigenvalue weighted by atomic mass is 9.99. The number of benzene rings is 2. The van der Waals surface area contributed by atoms with Gasteiger partial charge >= 0.3 is 0 Å². The van der Waals surface area contributed by atoms with Gasteiger partial charge in [0.25, 0.3) is 5.91 Å². The minimum atomic E-state index is -0.135. The SMILES string of the molecule is O=C(NN=C1CCCCCCC1)c1ccc(-c2ccccc2)cc1. The molecule has 0 aromatic heterocycles. The fraction of sp³-hybridized carbons (Fsp3) is 0.333. The maximum atomic E-state index is 12.3. The number of hydrogen-bond acceptors (Lipinski definition) is 2. The first-order valence-electron chi connectivity index (χ1n) is 8.84. The Morgan fingerprint density at radius 3 is 2.00 bits per heavy atom. The second-order valence-electron chi connectivity index (χ2n) is 6.33. The third-order valence-electron chi connectivity index (χ3n) is 4.50. The van der Waals surface area contributed by atoms with Crippen molar-refractivity contribution in [2.24, 2.45) is 5.10 Å². The van der Waals surface area contributed by atoms with Crippen LogP contribution in [0.3, 0.4) is 0 Å². The molecule has 124 valence electrons. The number of hydrogen-bond donors (Lipinski definition) is 1. The maximum absolute atomic E-state index is 12.3. The smallest absolute Gasteiger partial charge is 0.267 e. The molecule has 2 aromatic rings. The summed E-state index contributed by atoms with van der Waals surface area (Å²) in [4.78, 5) is 12.3. The Labute approximate surface area is 143 Å². The predicted molar refractivity (Wildman–Crippen MR) is 99.1 cm³/mol. The van der Waals surface area contributed by atoms with E-state index < -0.39 is 0 Å². The molecule has 24 heavy (non-hydrogen) atoms. The van der Waals surface area contributed by atoms with Crippen LogP contribution in [0, 0.1) is 0 Å². The highest BCUT2D eigenvalue weighted by molar-refractivity contribution is 5.95. The van der Waals surface area contributed by atoms with Crippen molar-refractivity contribution >= 4 is 11.6 Å². The molecule has 0 bridgehead atoms. The highest BCUT2D eigenvalue weighted by Crippen LogP contribution is 2.19. The minimum absolute atomic E-state index is 0.135. The Morgan fingerprint density at radius 2 is 1.33 bits per heavy atom. The van der Waals surface area contributed by atoms with Crippen molar-refractivity contribution in [3.63, 3.8) is 0 Å². The van der Waals surface area contributed by atoms with E-state index in [0.29, 0.717) is 5.56 Å². The van der Waals surface area contributed by atoms with Crippen LogP contribution in [0.5, 0.6) is 0 Å². The molecule has 1 saturated carbocycles. The normalized spacial score (nSPS) is 15.2. The van der Waals surface area contributed by atoms with Gasteiger partial charge in [-0.3, -0.25) is 4.79 Å². The van der Waals surface area contributed by atoms with Crippen LogP contribution in [0.4, 0.5) is 0 Å². The van der Waals surface area contributed by atoms with E-state index in [1.54, 1.807) is 0 Å². The largest absolute Gasteiger partial charge is 0.271 e. The van der Waals surface area contributed by atoms with Crippen LogP contribution in [0.15, 0.2) is 59.7 Å². The molecule has 3 rings (SSSR count). The van der Waals surface area contributed by atoms with Crippen molar-refractivity contribution in [2.45, 2.75) is 44.9 Å². The Balaban J connectivity index is 1.62. The highest BCUT2D eigenvalue weighted by Gasteiger charge is 2.08. The lowest BCUT2D eigenvalue weighted by molar-refractivity contribution is 0.0954. The van der Waals surface area contributed by atoms with Crippen LogP contribution in [-0.2, 0) is 0 Å². The number of hydrazone groups is 1. The lowest BCUT2D eigenvalue weighted by Crippen LogP contribution is -2.20. The van der Waals surface area contributed by atoms with Gasteiger partial charge in [0.15, 0.2) is 0 Å². The average molecular weight is 320 g/mol. The Bertz CT molecular complexity index is 680. The van der Waals surface area contributed by atoms with E-state index in [0.717, 1.165) is 29.7 Å². The zero-order valence-electron chi connectivity index (χ0n) is 14.0. The number of rotatable bonds is 3. The number of nitrogens with one attached hydrogen (secondary N) is 1. The fourth-order valence-electron chi connectivity index (χ4n) is 3.06. The molecule has 0 radical (unpaired) electrons. The second-order valence-corrected chi connectivity index (χ2v) is 6.33. The molecule has 0 aliphatic heterocycles. The number of amides is 1. The summed E-state index contributed by atoms with van der Waals surface area (Å²) >= 11 is 0. The second kappa shape index (κ2) is 8.44. The van der Waals surface area contributed by atoms with E-state index in [1.807, 2.05) is 42.5 Å². The molecule has 1 aliphatic rings. The Hall–Kier alpha value is -2.42. The average Bonchev–Trinajstić information content (AvgIpc) is 2.61. The van der Waals surface area contributed by atoms with E-state index in [9.17, 15) is 4.79 Å². The number of carbonyl (C=O) groups is 1. The van der Waals surface area contributed by atoms with Crippen LogP contribution in [-0.4, -0.2) is 11.6 Å². The highest BCUT2D eigenvalue weighted by atomic mass is 16.2. The van der Waals surface area contributed by atoms with Crippen LogP contribution < -0.4 is 5.43 Å². The summed E-state index contributed by atoms with van der Waals surface area (Å²) in [6.45, 7) is 0. The summed E-state index contributed by atoms with van der Waals surface area (Å²) in [5.74, 6) is -0.135. The molecule has 0 atom stereocenters. The van der Waals surface area contributed by atoms with Gasteiger partial charge < -0.3 is 0 Å². The molecular weight excluding hydrogens is 296 g/mol. The van der Waals surface area contributed by atoms with Crippen molar-refractivity contribution in [1.82, 2.24) is 5.43 Å². The quantitative estimate of drug-likeness (QED) is 0.777. The first-order valence-corrected chi connectivity index (χ1v) is 8.84. The Kier molecular flexibility index (Phi) is 5.78. The van der Waals surface area contributed by atoms with Crippen molar-refractivity contribution in [3.8, 4) is 11.1 Å². The summed E-state index contributed by atoms with van der Waals surface area (Å²) in [5, 5.41) is 4.36. The van der Waals surface area contributed by atoms with E-state index in [4.69, 9.17) is 0 Å². The van der Waals surface area contributed by atoms with Crippen LogP contribution in [0.25, 0.3) is 11.1 Å². The zero-order valence-corrected chi connectivity index (χ0v) is 14.0. The summed E-state index contributed by atoms with van der Waals surface area (Å²) in [6.07, 6.45) is 8.25. The van der Waals surface area contributed by atoms with Crippen LogP contribution >= 0.6 is 0 Å². The monoisotopic (exact) mass is 320 g/mol. The van der Waals surface area contributed by atoms with Gasteiger partial charge in [-0.1, -0.05) is 61.7 Å². The van der Waals surface area contributed by atoms with Crippen molar-refractivity contribution < 1.29 is 4.79 Å². The van der Waals surface area contributed by atoms with Gasteiger partial charge in [-0.05, 0) is 48.9 Å². The molecule has 1 amide bonds. The van der Waals surface area contributed by atoms with E-state index >= 15 is 0 Å². The molecule has 0 heterocycles. The van der Waals surface area contributed by atoms with Gasteiger partial charge in [0.05, 0.1) is 0 Å². The third kappa shape index (κ3) is 4.54. The number of carbonyl (C=O) groups excluding carboxylic acids is 1. The van der Waals surface area contributed by atoms with Gasteiger partial charge in [-0.15, -0.1) is 0 Å². The van der Waals surface area contributed by atoms with E-state index in [-0.39, 0.29) is 5.91 Å². The topological polar surface area (TPSA) is 41.5 Å². The number of nitrogens with zero attached hydrogens (tertiary/aromatic N) is 1. The molecule has 0 spiro atoms. The molecule has 1 N–H and O–H groups in total. The van der Waals surface area contributed by atoms with Gasteiger partial charge in [0.1, 0.15) is 0 Å². The van der Waals surface area contributed by atoms with E-state index in [2.05, 4.69) is 22.7 Å². The van der Waals surface area contributed by atoms with E-state index in [1.165, 1.54) is 32.1 Å². The molecule has 0 unspecified atom stereocenters. The minimum Gasteiger partial charge on any atom is -0.267 e. The van der Waals surface area contributed by atoms with Crippen molar-refractivity contribution in [3.05, 3.63) is 60.2 Å². The first kappa shape index (κ1) is 16.4. The third-order valence-corrected chi connectivity index (χ3v) is 4.50. The maximum Gasteiger partial charge on any atom is 0.271 e. The molecule has 0 saturated heterocycles. The summed E-state index contributed by atoms with van der Waals surface area (Å²) in [5.41, 5.74) is 6.76. The molecule has 1 fully saturated rings. The van der Waals surface area contributed by atoms with Gasteiger partial charge in [-0.25, -0.2) is 5.43 Å². The van der Waals surface area contributed by atoms with Crippen LogP contribution in [0.2, 0.25) is 0 Å². The predicted octanol–water partition coefficient (Wildman–Crippen LogP) is 5.18. The van der Waals surface area contributed by atoms with Crippen molar-refractivity contribution in [1.29, 1.82) is 0 Å². The van der Waals surface area contributed by atoms with Gasteiger partial charge in [0.2, 0.25) is 0 Å². The molecular formula is C21H24N2O. The Morgan fingerprint density at radius 1 is 0.750 bits per heavy atom. The fourth-order valence-corrected chi connectivity index (χ4v) is 3.06. The van der Waals surface area contributed by atoms with Crippen molar-refractivity contribution in [2.75, 3.05) is 0 Å². The van der Waals surface area contributed by atoms with Gasteiger partial charge in [-0.2, -0.15) is 5.10 Å². The lowest BCUT2D eigenvalue weighted by Gasteiger charge is -2.11.